The van der Waals surface area contributed by atoms with Gasteiger partial charge in [0.25, 0.3) is 0 Å². The van der Waals surface area contributed by atoms with Crippen LogP contribution in [0.25, 0.3) is 5.57 Å². The van der Waals surface area contributed by atoms with E-state index in [0.717, 1.165) is 18.4 Å². The maximum absolute atomic E-state index is 11.9. The standard InChI is InChI=1S/C19H18O/c1-14-7-5-6-10-16(14)18(17-11-12-19(17)20)13-15-8-3-2-4-9-15/h2-10H,11-13H2,1H3/b18-17-. The second-order valence-corrected chi connectivity index (χ2v) is 5.36. The van der Waals surface area contributed by atoms with Crippen LogP contribution in [0.1, 0.15) is 29.5 Å². The summed E-state index contributed by atoms with van der Waals surface area (Å²) < 4.78 is 0. The summed E-state index contributed by atoms with van der Waals surface area (Å²) in [6.45, 7) is 2.12. The molecule has 1 aliphatic carbocycles. The molecule has 100 valence electrons. The Labute approximate surface area is 120 Å². The van der Waals surface area contributed by atoms with Gasteiger partial charge in [-0.25, -0.2) is 0 Å². The van der Waals surface area contributed by atoms with Gasteiger partial charge in [0.15, 0.2) is 5.78 Å². The molecule has 0 saturated heterocycles. The minimum Gasteiger partial charge on any atom is -0.295 e. The molecule has 0 bridgehead atoms. The van der Waals surface area contributed by atoms with Gasteiger partial charge in [-0.2, -0.15) is 0 Å². The van der Waals surface area contributed by atoms with Gasteiger partial charge < -0.3 is 0 Å². The summed E-state index contributed by atoms with van der Waals surface area (Å²) in [6.07, 6.45) is 2.47. The minimum atomic E-state index is 0.319. The summed E-state index contributed by atoms with van der Waals surface area (Å²) >= 11 is 0. The Bertz CT molecular complexity index is 665. The van der Waals surface area contributed by atoms with Crippen molar-refractivity contribution < 1.29 is 4.79 Å². The normalized spacial score (nSPS) is 16.8. The fourth-order valence-corrected chi connectivity index (χ4v) is 2.75. The van der Waals surface area contributed by atoms with Crippen LogP contribution in [0.4, 0.5) is 0 Å². The van der Waals surface area contributed by atoms with Crippen LogP contribution in [0, 0.1) is 6.92 Å². The van der Waals surface area contributed by atoms with E-state index in [1.165, 1.54) is 22.3 Å². The highest BCUT2D eigenvalue weighted by atomic mass is 16.1. The van der Waals surface area contributed by atoms with Crippen molar-refractivity contribution >= 4 is 11.4 Å². The van der Waals surface area contributed by atoms with E-state index in [2.05, 4.69) is 49.4 Å². The quantitative estimate of drug-likeness (QED) is 0.751. The second kappa shape index (κ2) is 5.46. The molecule has 0 aromatic heterocycles. The summed E-state index contributed by atoms with van der Waals surface area (Å²) in [4.78, 5) is 11.9. The number of rotatable bonds is 3. The number of hydrogen-bond donors (Lipinski definition) is 0. The Hall–Kier alpha value is -2.15. The van der Waals surface area contributed by atoms with Crippen LogP contribution < -0.4 is 0 Å². The van der Waals surface area contributed by atoms with Crippen molar-refractivity contribution in [3.05, 3.63) is 76.9 Å². The van der Waals surface area contributed by atoms with Gasteiger partial charge in [-0.05, 0) is 47.6 Å². The highest BCUT2D eigenvalue weighted by Gasteiger charge is 2.25. The molecule has 0 aliphatic heterocycles. The number of carbonyl (C=O) groups is 1. The molecule has 0 atom stereocenters. The molecular formula is C19H18O. The molecule has 0 N–H and O–H groups in total. The largest absolute Gasteiger partial charge is 0.295 e. The molecule has 0 unspecified atom stereocenters. The molecule has 1 nitrogen and oxygen atoms in total. The van der Waals surface area contributed by atoms with E-state index in [1.807, 2.05) is 12.1 Å². The van der Waals surface area contributed by atoms with E-state index in [1.54, 1.807) is 0 Å². The number of Topliss-reactive ketones (excluding diaryl/α,β-unsaturated/α-hetero) is 1. The van der Waals surface area contributed by atoms with Gasteiger partial charge in [-0.15, -0.1) is 0 Å². The van der Waals surface area contributed by atoms with E-state index in [-0.39, 0.29) is 0 Å². The molecular weight excluding hydrogens is 244 g/mol. The van der Waals surface area contributed by atoms with Crippen molar-refractivity contribution in [2.45, 2.75) is 26.2 Å². The molecule has 1 heteroatoms. The van der Waals surface area contributed by atoms with Crippen LogP contribution in [0.5, 0.6) is 0 Å². The van der Waals surface area contributed by atoms with E-state index >= 15 is 0 Å². The van der Waals surface area contributed by atoms with Crippen LogP contribution in [0.15, 0.2) is 60.2 Å². The first-order valence-electron chi connectivity index (χ1n) is 7.11. The Morgan fingerprint density at radius 2 is 1.65 bits per heavy atom. The summed E-state index contributed by atoms with van der Waals surface area (Å²) in [5.41, 5.74) is 5.97. The SMILES string of the molecule is Cc1ccccc1/C(Cc1ccccc1)=C1/CCC1=O. The molecule has 0 heterocycles. The summed E-state index contributed by atoms with van der Waals surface area (Å²) in [5.74, 6) is 0.319. The van der Waals surface area contributed by atoms with Crippen molar-refractivity contribution in [1.29, 1.82) is 0 Å². The Kier molecular flexibility index (Phi) is 3.51. The van der Waals surface area contributed by atoms with Crippen molar-refractivity contribution in [3.63, 3.8) is 0 Å². The molecule has 0 amide bonds. The Morgan fingerprint density at radius 3 is 2.25 bits per heavy atom. The molecule has 3 rings (SSSR count). The molecule has 0 spiro atoms. The van der Waals surface area contributed by atoms with Gasteiger partial charge in [0.2, 0.25) is 0 Å². The number of aryl methyl sites for hydroxylation is 1. The second-order valence-electron chi connectivity index (χ2n) is 5.36. The molecule has 2 aromatic carbocycles. The minimum absolute atomic E-state index is 0.319. The first-order valence-corrected chi connectivity index (χ1v) is 7.11. The predicted molar refractivity (Wildman–Crippen MR) is 82.5 cm³/mol. The van der Waals surface area contributed by atoms with Crippen molar-refractivity contribution in [3.8, 4) is 0 Å². The third-order valence-corrected chi connectivity index (χ3v) is 4.00. The molecule has 2 aromatic rings. The van der Waals surface area contributed by atoms with Gasteiger partial charge in [0, 0.05) is 6.42 Å². The van der Waals surface area contributed by atoms with Crippen LogP contribution in [0.3, 0.4) is 0 Å². The Morgan fingerprint density at radius 1 is 0.950 bits per heavy atom. The summed E-state index contributed by atoms with van der Waals surface area (Å²) in [5, 5.41) is 0. The zero-order valence-electron chi connectivity index (χ0n) is 11.7. The fraction of sp³-hybridized carbons (Fsp3) is 0.211. The third kappa shape index (κ3) is 2.44. The average molecular weight is 262 g/mol. The van der Waals surface area contributed by atoms with E-state index in [9.17, 15) is 4.79 Å². The fourth-order valence-electron chi connectivity index (χ4n) is 2.75. The van der Waals surface area contributed by atoms with E-state index in [0.29, 0.717) is 12.2 Å². The van der Waals surface area contributed by atoms with Crippen molar-refractivity contribution in [1.82, 2.24) is 0 Å². The number of ketones is 1. The number of hydrogen-bond acceptors (Lipinski definition) is 1. The first-order chi connectivity index (χ1) is 9.75. The molecule has 1 aliphatic rings. The Balaban J connectivity index is 2.05. The lowest BCUT2D eigenvalue weighted by Crippen LogP contribution is -2.17. The molecule has 1 saturated carbocycles. The van der Waals surface area contributed by atoms with Crippen molar-refractivity contribution in [2.75, 3.05) is 0 Å². The number of carbonyl (C=O) groups excluding carboxylic acids is 1. The van der Waals surface area contributed by atoms with Gasteiger partial charge in [0.1, 0.15) is 0 Å². The van der Waals surface area contributed by atoms with Gasteiger partial charge in [-0.1, -0.05) is 54.6 Å². The third-order valence-electron chi connectivity index (χ3n) is 4.00. The van der Waals surface area contributed by atoms with Gasteiger partial charge in [-0.3, -0.25) is 4.79 Å². The molecule has 20 heavy (non-hydrogen) atoms. The summed E-state index contributed by atoms with van der Waals surface area (Å²) in [6, 6.07) is 18.7. The lowest BCUT2D eigenvalue weighted by molar-refractivity contribution is -0.118. The van der Waals surface area contributed by atoms with Crippen LogP contribution in [-0.4, -0.2) is 5.78 Å². The smallest absolute Gasteiger partial charge is 0.159 e. The molecule has 1 fully saturated rings. The zero-order chi connectivity index (χ0) is 13.9. The maximum atomic E-state index is 11.9. The zero-order valence-corrected chi connectivity index (χ0v) is 11.7. The number of benzene rings is 2. The number of allylic oxidation sites excluding steroid dienone is 2. The lowest BCUT2D eigenvalue weighted by Gasteiger charge is -2.22. The highest BCUT2D eigenvalue weighted by Crippen LogP contribution is 2.34. The van der Waals surface area contributed by atoms with Crippen LogP contribution in [0.2, 0.25) is 0 Å². The average Bonchev–Trinajstić information content (AvgIpc) is 2.47. The highest BCUT2D eigenvalue weighted by molar-refractivity contribution is 6.08. The predicted octanol–water partition coefficient (Wildman–Crippen LogP) is 4.35. The molecule has 0 radical (unpaired) electrons. The monoisotopic (exact) mass is 262 g/mol. The summed E-state index contributed by atoms with van der Waals surface area (Å²) in [7, 11) is 0. The maximum Gasteiger partial charge on any atom is 0.159 e. The van der Waals surface area contributed by atoms with Crippen LogP contribution in [-0.2, 0) is 11.2 Å². The van der Waals surface area contributed by atoms with Crippen LogP contribution >= 0.6 is 0 Å². The first kappa shape index (κ1) is 12.9. The van der Waals surface area contributed by atoms with Gasteiger partial charge in [0.05, 0.1) is 0 Å². The lowest BCUT2D eigenvalue weighted by atomic mass is 9.80. The van der Waals surface area contributed by atoms with E-state index in [4.69, 9.17) is 0 Å². The van der Waals surface area contributed by atoms with Crippen molar-refractivity contribution in [2.24, 2.45) is 0 Å². The van der Waals surface area contributed by atoms with E-state index < -0.39 is 0 Å². The topological polar surface area (TPSA) is 17.1 Å². The van der Waals surface area contributed by atoms with Gasteiger partial charge >= 0.3 is 0 Å².